The number of rotatable bonds is 6. The van der Waals surface area contributed by atoms with E-state index in [1.807, 2.05) is 0 Å². The third kappa shape index (κ3) is 5.82. The Balaban J connectivity index is 1.53. The molecule has 3 rings (SSSR count). The van der Waals surface area contributed by atoms with E-state index in [0.29, 0.717) is 19.0 Å². The first kappa shape index (κ1) is 23.2. The van der Waals surface area contributed by atoms with Gasteiger partial charge in [0, 0.05) is 25.6 Å². The number of hydrogen-bond acceptors (Lipinski definition) is 3. The van der Waals surface area contributed by atoms with Gasteiger partial charge < -0.3 is 5.32 Å². The molecule has 5 nitrogen and oxygen atoms in total. The lowest BCUT2D eigenvalue weighted by molar-refractivity contribution is -0.137. The van der Waals surface area contributed by atoms with E-state index in [9.17, 15) is 30.8 Å². The molecule has 168 valence electrons. The van der Waals surface area contributed by atoms with Gasteiger partial charge in [0.05, 0.1) is 10.5 Å². The molecule has 0 saturated carbocycles. The molecule has 0 aliphatic carbocycles. The summed E-state index contributed by atoms with van der Waals surface area (Å²) in [4.78, 5) is 11.9. The van der Waals surface area contributed by atoms with Crippen LogP contribution in [0.5, 0.6) is 0 Å². The van der Waals surface area contributed by atoms with E-state index >= 15 is 0 Å². The van der Waals surface area contributed by atoms with E-state index in [1.165, 1.54) is 12.1 Å². The highest BCUT2D eigenvalue weighted by atomic mass is 32.2. The second kappa shape index (κ2) is 9.35. The largest absolute Gasteiger partial charge is 0.416 e. The van der Waals surface area contributed by atoms with Crippen molar-refractivity contribution in [2.24, 2.45) is 5.92 Å². The number of nitrogens with zero attached hydrogens (tertiary/aromatic N) is 1. The highest BCUT2D eigenvalue weighted by Gasteiger charge is 2.35. The Labute approximate surface area is 178 Å². The van der Waals surface area contributed by atoms with Gasteiger partial charge in [0.15, 0.2) is 0 Å². The van der Waals surface area contributed by atoms with Crippen molar-refractivity contribution in [3.05, 3.63) is 65.5 Å². The number of carbonyl (C=O) groups excluding carboxylic acids is 1. The smallest absolute Gasteiger partial charge is 0.356 e. The van der Waals surface area contributed by atoms with E-state index in [1.54, 1.807) is 12.1 Å². The van der Waals surface area contributed by atoms with Gasteiger partial charge in [-0.2, -0.15) is 17.5 Å². The molecule has 1 heterocycles. The normalized spacial score (nSPS) is 16.3. The standard InChI is InChI=1S/C21H22F4N2O3S/c22-18-6-4-15(5-7-18)8-11-26-20(28)16-9-12-27(13-10-16)31(29,30)19-3-1-2-17(14-19)21(23,24)25/h1-7,14,16H,8-13H2,(H,26,28). The first-order valence-corrected chi connectivity index (χ1v) is 11.2. The maximum absolute atomic E-state index is 12.9. The zero-order chi connectivity index (χ0) is 22.6. The predicted molar refractivity (Wildman–Crippen MR) is 106 cm³/mol. The Morgan fingerprint density at radius 3 is 2.32 bits per heavy atom. The van der Waals surface area contributed by atoms with Crippen molar-refractivity contribution in [1.29, 1.82) is 0 Å². The molecule has 0 bridgehead atoms. The number of carbonyl (C=O) groups is 1. The van der Waals surface area contributed by atoms with Crippen molar-refractivity contribution in [3.8, 4) is 0 Å². The van der Waals surface area contributed by atoms with Gasteiger partial charge in [0.25, 0.3) is 0 Å². The van der Waals surface area contributed by atoms with Crippen molar-refractivity contribution in [1.82, 2.24) is 9.62 Å². The van der Waals surface area contributed by atoms with E-state index < -0.39 is 26.7 Å². The summed E-state index contributed by atoms with van der Waals surface area (Å²) in [6.07, 6.45) is -3.54. The van der Waals surface area contributed by atoms with Crippen LogP contribution in [0.25, 0.3) is 0 Å². The number of sulfonamides is 1. The second-order valence-electron chi connectivity index (χ2n) is 7.37. The first-order chi connectivity index (χ1) is 14.6. The maximum atomic E-state index is 12.9. The van der Waals surface area contributed by atoms with Crippen molar-refractivity contribution < 1.29 is 30.8 Å². The fourth-order valence-corrected chi connectivity index (χ4v) is 4.98. The number of benzene rings is 2. The summed E-state index contributed by atoms with van der Waals surface area (Å²) in [6, 6.07) is 9.62. The summed E-state index contributed by atoms with van der Waals surface area (Å²) in [6.45, 7) is 0.469. The molecule has 0 spiro atoms. The summed E-state index contributed by atoms with van der Waals surface area (Å²) in [5.74, 6) is -0.904. The SMILES string of the molecule is O=C(NCCc1ccc(F)cc1)C1CCN(S(=O)(=O)c2cccc(C(F)(F)F)c2)CC1. The molecule has 0 unspecified atom stereocenters. The molecule has 0 radical (unpaired) electrons. The van der Waals surface area contributed by atoms with Crippen molar-refractivity contribution in [2.45, 2.75) is 30.3 Å². The van der Waals surface area contributed by atoms with Crippen molar-refractivity contribution >= 4 is 15.9 Å². The average Bonchev–Trinajstić information content (AvgIpc) is 2.74. The molecule has 1 fully saturated rings. The van der Waals surface area contributed by atoms with Crippen LogP contribution >= 0.6 is 0 Å². The maximum Gasteiger partial charge on any atom is 0.416 e. The van der Waals surface area contributed by atoms with Crippen molar-refractivity contribution in [2.75, 3.05) is 19.6 Å². The molecule has 10 heteroatoms. The number of nitrogens with one attached hydrogen (secondary N) is 1. The molecule has 2 aromatic rings. The summed E-state index contributed by atoms with van der Waals surface area (Å²) >= 11 is 0. The van der Waals surface area contributed by atoms with E-state index in [-0.39, 0.29) is 43.6 Å². The lowest BCUT2D eigenvalue weighted by Gasteiger charge is -2.30. The van der Waals surface area contributed by atoms with Crippen LogP contribution in [0.2, 0.25) is 0 Å². The summed E-state index contributed by atoms with van der Waals surface area (Å²) in [5.41, 5.74) is -0.146. The molecule has 2 aromatic carbocycles. The monoisotopic (exact) mass is 458 g/mol. The van der Waals surface area contributed by atoms with Crippen molar-refractivity contribution in [3.63, 3.8) is 0 Å². The number of halogens is 4. The fourth-order valence-electron chi connectivity index (χ4n) is 3.47. The van der Waals surface area contributed by atoms with Crippen LogP contribution in [-0.2, 0) is 27.4 Å². The van der Waals surface area contributed by atoms with Gasteiger partial charge in [-0.25, -0.2) is 12.8 Å². The molecule has 1 saturated heterocycles. The molecular weight excluding hydrogens is 436 g/mol. The van der Waals surface area contributed by atoms with Gasteiger partial charge in [-0.05, 0) is 55.2 Å². The average molecular weight is 458 g/mol. The Hall–Kier alpha value is -2.46. The van der Waals surface area contributed by atoms with E-state index in [4.69, 9.17) is 0 Å². The van der Waals surface area contributed by atoms with Gasteiger partial charge in [0.1, 0.15) is 5.82 Å². The molecule has 1 N–H and O–H groups in total. The topological polar surface area (TPSA) is 66.5 Å². The quantitative estimate of drug-likeness (QED) is 0.673. The molecule has 1 amide bonds. The molecule has 1 aliphatic heterocycles. The second-order valence-corrected chi connectivity index (χ2v) is 9.31. The molecule has 0 atom stereocenters. The van der Waals surface area contributed by atoms with Crippen LogP contribution in [0.15, 0.2) is 53.4 Å². The van der Waals surface area contributed by atoms with Gasteiger partial charge in [0.2, 0.25) is 15.9 Å². The lowest BCUT2D eigenvalue weighted by atomic mass is 9.97. The minimum Gasteiger partial charge on any atom is -0.356 e. The Morgan fingerprint density at radius 1 is 1.06 bits per heavy atom. The van der Waals surface area contributed by atoms with Gasteiger partial charge >= 0.3 is 6.18 Å². The van der Waals surface area contributed by atoms with Crippen LogP contribution in [0.1, 0.15) is 24.0 Å². The zero-order valence-electron chi connectivity index (χ0n) is 16.5. The number of hydrogen-bond donors (Lipinski definition) is 1. The molecular formula is C21H22F4N2O3S. The van der Waals surface area contributed by atoms with Gasteiger partial charge in [-0.1, -0.05) is 18.2 Å². The lowest BCUT2D eigenvalue weighted by Crippen LogP contribution is -2.43. The highest BCUT2D eigenvalue weighted by Crippen LogP contribution is 2.32. The van der Waals surface area contributed by atoms with Crippen LogP contribution in [-0.4, -0.2) is 38.3 Å². The zero-order valence-corrected chi connectivity index (χ0v) is 17.3. The third-order valence-electron chi connectivity index (χ3n) is 5.25. The number of amides is 1. The summed E-state index contributed by atoms with van der Waals surface area (Å²) < 4.78 is 78.2. The van der Waals surface area contributed by atoms with Crippen LogP contribution in [0.4, 0.5) is 17.6 Å². The molecule has 0 aromatic heterocycles. The van der Waals surface area contributed by atoms with Crippen LogP contribution < -0.4 is 5.32 Å². The fraction of sp³-hybridized carbons (Fsp3) is 0.381. The number of piperidine rings is 1. The Bertz CT molecular complexity index is 1020. The summed E-state index contributed by atoms with van der Waals surface area (Å²) in [7, 11) is -4.08. The van der Waals surface area contributed by atoms with E-state index in [0.717, 1.165) is 28.1 Å². The Morgan fingerprint density at radius 2 is 1.71 bits per heavy atom. The molecule has 31 heavy (non-hydrogen) atoms. The third-order valence-corrected chi connectivity index (χ3v) is 7.14. The first-order valence-electron chi connectivity index (χ1n) is 9.77. The summed E-state index contributed by atoms with van der Waals surface area (Å²) in [5, 5.41) is 2.80. The van der Waals surface area contributed by atoms with Crippen LogP contribution in [0.3, 0.4) is 0 Å². The predicted octanol–water partition coefficient (Wildman–Crippen LogP) is 3.60. The highest BCUT2D eigenvalue weighted by molar-refractivity contribution is 7.89. The Kier molecular flexibility index (Phi) is 7.00. The van der Waals surface area contributed by atoms with Gasteiger partial charge in [-0.3, -0.25) is 4.79 Å². The van der Waals surface area contributed by atoms with E-state index in [2.05, 4.69) is 5.32 Å². The minimum atomic E-state index is -4.63. The minimum absolute atomic E-state index is 0.0502. The van der Waals surface area contributed by atoms with Crippen LogP contribution in [0, 0.1) is 11.7 Å². The molecule has 1 aliphatic rings. The van der Waals surface area contributed by atoms with Gasteiger partial charge in [-0.15, -0.1) is 0 Å². The number of alkyl halides is 3.